The molecule has 0 unspecified atom stereocenters. The zero-order chi connectivity index (χ0) is 11.4. The lowest BCUT2D eigenvalue weighted by Gasteiger charge is -2.23. The number of aliphatic hydroxyl groups is 3. The monoisotopic (exact) mass is 219 g/mol. The molecular formula is C9H17NO5. The lowest BCUT2D eigenvalue weighted by atomic mass is 10.1. The molecule has 1 aliphatic heterocycles. The highest BCUT2D eigenvalue weighted by atomic mass is 16.5. The third-order valence-corrected chi connectivity index (χ3v) is 2.55. The molecule has 88 valence electrons. The van der Waals surface area contributed by atoms with Gasteiger partial charge in [0.2, 0.25) is 0 Å². The predicted octanol–water partition coefficient (Wildman–Crippen LogP) is -2.05. The largest absolute Gasteiger partial charge is 0.465 e. The molecule has 0 saturated carbocycles. The van der Waals surface area contributed by atoms with Crippen LogP contribution in [0.25, 0.3) is 0 Å². The van der Waals surface area contributed by atoms with Crippen LogP contribution in [0.5, 0.6) is 0 Å². The smallest absolute Gasteiger partial charge is 0.302 e. The Bertz CT molecular complexity index is 223. The molecule has 0 spiro atoms. The van der Waals surface area contributed by atoms with Gasteiger partial charge < -0.3 is 20.1 Å². The van der Waals surface area contributed by atoms with E-state index < -0.39 is 18.2 Å². The van der Waals surface area contributed by atoms with Crippen molar-refractivity contribution in [2.24, 2.45) is 0 Å². The molecule has 0 aliphatic carbocycles. The van der Waals surface area contributed by atoms with Crippen molar-refractivity contribution in [3.8, 4) is 0 Å². The molecular weight excluding hydrogens is 202 g/mol. The molecule has 1 heterocycles. The topological polar surface area (TPSA) is 90.2 Å². The molecule has 0 bridgehead atoms. The van der Waals surface area contributed by atoms with Crippen LogP contribution in [0.15, 0.2) is 0 Å². The molecule has 0 radical (unpaired) electrons. The minimum Gasteiger partial charge on any atom is -0.465 e. The van der Waals surface area contributed by atoms with Gasteiger partial charge in [0.15, 0.2) is 0 Å². The highest BCUT2D eigenvalue weighted by Gasteiger charge is 2.38. The third-order valence-electron chi connectivity index (χ3n) is 2.55. The average molecular weight is 219 g/mol. The first-order valence-corrected chi connectivity index (χ1v) is 4.90. The Hall–Kier alpha value is -0.690. The minimum absolute atomic E-state index is 0.200. The van der Waals surface area contributed by atoms with E-state index in [0.29, 0.717) is 6.54 Å². The maximum atomic E-state index is 10.5. The van der Waals surface area contributed by atoms with E-state index in [1.807, 2.05) is 0 Å². The molecule has 0 aromatic rings. The summed E-state index contributed by atoms with van der Waals surface area (Å²) in [6.45, 7) is 1.98. The summed E-state index contributed by atoms with van der Waals surface area (Å²) in [5, 5.41) is 27.9. The van der Waals surface area contributed by atoms with Gasteiger partial charge in [0.05, 0.1) is 24.9 Å². The van der Waals surface area contributed by atoms with Crippen molar-refractivity contribution >= 4 is 5.97 Å². The number of aliphatic hydroxyl groups excluding tert-OH is 3. The number of carbonyl (C=O) groups excluding carboxylic acids is 1. The van der Waals surface area contributed by atoms with Gasteiger partial charge in [0.25, 0.3) is 0 Å². The van der Waals surface area contributed by atoms with Gasteiger partial charge in [-0.1, -0.05) is 0 Å². The highest BCUT2D eigenvalue weighted by molar-refractivity contribution is 5.65. The first kappa shape index (κ1) is 12.4. The van der Waals surface area contributed by atoms with Crippen molar-refractivity contribution in [2.75, 3.05) is 26.3 Å². The molecule has 0 aromatic heterocycles. The number of hydrogen-bond donors (Lipinski definition) is 3. The molecule has 6 heteroatoms. The lowest BCUT2D eigenvalue weighted by Crippen LogP contribution is -2.40. The fraction of sp³-hybridized carbons (Fsp3) is 0.889. The Balaban J connectivity index is 2.37. The van der Waals surface area contributed by atoms with Crippen LogP contribution in [0, 0.1) is 0 Å². The lowest BCUT2D eigenvalue weighted by molar-refractivity contribution is -0.141. The SMILES string of the molecule is CC(=O)OCCN1C[C@H](O)[C@@H](O)[C@@H]1CO. The van der Waals surface area contributed by atoms with Crippen molar-refractivity contribution < 1.29 is 24.9 Å². The second-order valence-corrected chi connectivity index (χ2v) is 3.64. The van der Waals surface area contributed by atoms with Gasteiger partial charge in [0.1, 0.15) is 6.61 Å². The first-order valence-electron chi connectivity index (χ1n) is 4.90. The van der Waals surface area contributed by atoms with E-state index in [-0.39, 0.29) is 25.7 Å². The van der Waals surface area contributed by atoms with Crippen LogP contribution in [-0.2, 0) is 9.53 Å². The molecule has 0 amide bonds. The van der Waals surface area contributed by atoms with Crippen LogP contribution >= 0.6 is 0 Å². The molecule has 6 nitrogen and oxygen atoms in total. The van der Waals surface area contributed by atoms with Crippen LogP contribution in [0.4, 0.5) is 0 Å². The van der Waals surface area contributed by atoms with Gasteiger partial charge in [-0.3, -0.25) is 9.69 Å². The summed E-state index contributed by atoms with van der Waals surface area (Å²) in [5.41, 5.74) is 0. The number of ether oxygens (including phenoxy) is 1. The second-order valence-electron chi connectivity index (χ2n) is 3.64. The zero-order valence-electron chi connectivity index (χ0n) is 8.67. The maximum Gasteiger partial charge on any atom is 0.302 e. The van der Waals surface area contributed by atoms with E-state index in [1.54, 1.807) is 4.90 Å². The molecule has 15 heavy (non-hydrogen) atoms. The number of likely N-dealkylation sites (tertiary alicyclic amines) is 1. The van der Waals surface area contributed by atoms with E-state index in [1.165, 1.54) is 6.92 Å². The third kappa shape index (κ3) is 3.13. The van der Waals surface area contributed by atoms with Crippen LogP contribution < -0.4 is 0 Å². The van der Waals surface area contributed by atoms with Gasteiger partial charge in [-0.25, -0.2) is 0 Å². The van der Waals surface area contributed by atoms with Crippen molar-refractivity contribution in [3.63, 3.8) is 0 Å². The Kier molecular flexibility index (Phi) is 4.46. The van der Waals surface area contributed by atoms with Crippen molar-refractivity contribution in [3.05, 3.63) is 0 Å². The van der Waals surface area contributed by atoms with Gasteiger partial charge >= 0.3 is 5.97 Å². The summed E-state index contributed by atoms with van der Waals surface area (Å²) in [6, 6.07) is -0.476. The van der Waals surface area contributed by atoms with Crippen LogP contribution in [-0.4, -0.2) is 70.7 Å². The fourth-order valence-corrected chi connectivity index (χ4v) is 1.74. The maximum absolute atomic E-state index is 10.5. The van der Waals surface area contributed by atoms with Crippen molar-refractivity contribution in [2.45, 2.75) is 25.2 Å². The van der Waals surface area contributed by atoms with E-state index in [0.717, 1.165) is 0 Å². The zero-order valence-corrected chi connectivity index (χ0v) is 8.67. The van der Waals surface area contributed by atoms with E-state index >= 15 is 0 Å². The van der Waals surface area contributed by atoms with Gasteiger partial charge in [-0.15, -0.1) is 0 Å². The summed E-state index contributed by atoms with van der Waals surface area (Å²) in [4.78, 5) is 12.2. The molecule has 0 aromatic carbocycles. The average Bonchev–Trinajstić information content (AvgIpc) is 2.42. The fourth-order valence-electron chi connectivity index (χ4n) is 1.74. The summed E-state index contributed by atoms with van der Waals surface area (Å²) in [7, 11) is 0. The molecule has 1 rings (SSSR count). The number of hydrogen-bond acceptors (Lipinski definition) is 6. The summed E-state index contributed by atoms with van der Waals surface area (Å²) in [5.74, 6) is -0.365. The molecule has 1 aliphatic rings. The molecule has 3 N–H and O–H groups in total. The van der Waals surface area contributed by atoms with Gasteiger partial charge in [0, 0.05) is 20.0 Å². The standard InChI is InChI=1S/C9H17NO5/c1-6(12)15-3-2-10-4-8(13)9(14)7(10)5-11/h7-9,11,13-14H,2-5H2,1H3/t7-,8-,9-/m0/s1. The van der Waals surface area contributed by atoms with Crippen LogP contribution in [0.2, 0.25) is 0 Å². The van der Waals surface area contributed by atoms with E-state index in [2.05, 4.69) is 0 Å². The molecule has 1 fully saturated rings. The quantitative estimate of drug-likeness (QED) is 0.471. The molecule has 1 saturated heterocycles. The summed E-state index contributed by atoms with van der Waals surface area (Å²) >= 11 is 0. The van der Waals surface area contributed by atoms with Crippen molar-refractivity contribution in [1.82, 2.24) is 4.90 Å². The number of carbonyl (C=O) groups is 1. The number of nitrogens with zero attached hydrogens (tertiary/aromatic N) is 1. The van der Waals surface area contributed by atoms with E-state index in [9.17, 15) is 15.0 Å². The summed E-state index contributed by atoms with van der Waals surface area (Å²) in [6.07, 6.45) is -1.79. The van der Waals surface area contributed by atoms with Gasteiger partial charge in [-0.05, 0) is 0 Å². The Labute approximate surface area is 88.1 Å². The Morgan fingerprint density at radius 2 is 2.20 bits per heavy atom. The second kappa shape index (κ2) is 5.41. The highest BCUT2D eigenvalue weighted by Crippen LogP contribution is 2.17. The van der Waals surface area contributed by atoms with Gasteiger partial charge in [-0.2, -0.15) is 0 Å². The summed E-state index contributed by atoms with van der Waals surface area (Å²) < 4.78 is 4.74. The number of β-amino-alcohol motifs (C(OH)–C–C–N with tert-alkyl or cyclic N) is 1. The van der Waals surface area contributed by atoms with Crippen molar-refractivity contribution in [1.29, 1.82) is 0 Å². The number of esters is 1. The van der Waals surface area contributed by atoms with Crippen LogP contribution in [0.1, 0.15) is 6.92 Å². The first-order chi connectivity index (χ1) is 7.06. The molecule has 3 atom stereocenters. The van der Waals surface area contributed by atoms with Crippen LogP contribution in [0.3, 0.4) is 0 Å². The number of rotatable bonds is 4. The Morgan fingerprint density at radius 3 is 2.73 bits per heavy atom. The minimum atomic E-state index is -0.938. The van der Waals surface area contributed by atoms with E-state index in [4.69, 9.17) is 9.84 Å². The normalized spacial score (nSPS) is 31.9. The Morgan fingerprint density at radius 1 is 1.53 bits per heavy atom. The predicted molar refractivity (Wildman–Crippen MR) is 51.1 cm³/mol.